The van der Waals surface area contributed by atoms with Gasteiger partial charge in [-0.25, -0.2) is 0 Å². The Labute approximate surface area is 72.1 Å². The van der Waals surface area contributed by atoms with E-state index in [9.17, 15) is 4.79 Å². The van der Waals surface area contributed by atoms with Crippen LogP contribution in [0.5, 0.6) is 0 Å². The molecule has 0 fully saturated rings. The third-order valence-corrected chi connectivity index (χ3v) is 1.33. The van der Waals surface area contributed by atoms with Crippen LogP contribution in [0, 0.1) is 0 Å². The number of carbonyl (C=O) groups excluding carboxylic acids is 1. The van der Waals surface area contributed by atoms with Crippen LogP contribution < -0.4 is 5.32 Å². The van der Waals surface area contributed by atoms with Gasteiger partial charge in [-0.15, -0.1) is 11.6 Å². The molecule has 0 unspecified atom stereocenters. The summed E-state index contributed by atoms with van der Waals surface area (Å²) in [6.45, 7) is 3.28. The van der Waals surface area contributed by atoms with E-state index in [1.807, 2.05) is 0 Å². The zero-order chi connectivity index (χ0) is 8.53. The molecule has 0 radical (unpaired) electrons. The molecule has 3 nitrogen and oxygen atoms in total. The lowest BCUT2D eigenvalue weighted by molar-refractivity contribution is -0.141. The minimum Gasteiger partial charge on any atom is -0.465 e. The van der Waals surface area contributed by atoms with Gasteiger partial charge in [0.2, 0.25) is 0 Å². The van der Waals surface area contributed by atoms with Crippen LogP contribution in [0.3, 0.4) is 0 Å². The molecule has 0 aliphatic heterocycles. The smallest absolute Gasteiger partial charge is 0.319 e. The van der Waals surface area contributed by atoms with Crippen LogP contribution in [0.15, 0.2) is 0 Å². The van der Waals surface area contributed by atoms with Gasteiger partial charge in [0.05, 0.1) is 13.2 Å². The highest BCUT2D eigenvalue weighted by atomic mass is 35.5. The van der Waals surface area contributed by atoms with E-state index in [2.05, 4.69) is 10.1 Å². The summed E-state index contributed by atoms with van der Waals surface area (Å²) in [5.74, 6) is 0.414. The third kappa shape index (κ3) is 7.62. The fourth-order valence-electron chi connectivity index (χ4n) is 0.594. The van der Waals surface area contributed by atoms with Crippen molar-refractivity contribution >= 4 is 17.6 Å². The molecule has 0 aromatic heterocycles. The van der Waals surface area contributed by atoms with Crippen molar-refractivity contribution in [2.75, 3.05) is 25.6 Å². The summed E-state index contributed by atoms with van der Waals surface area (Å²) in [5.41, 5.74) is 0. The van der Waals surface area contributed by atoms with Crippen molar-refractivity contribution in [3.63, 3.8) is 0 Å². The number of rotatable bonds is 6. The van der Waals surface area contributed by atoms with Crippen molar-refractivity contribution in [1.82, 2.24) is 5.32 Å². The number of halogens is 1. The van der Waals surface area contributed by atoms with E-state index < -0.39 is 0 Å². The second kappa shape index (κ2) is 7.82. The van der Waals surface area contributed by atoms with Crippen LogP contribution in [0.2, 0.25) is 0 Å². The topological polar surface area (TPSA) is 38.3 Å². The normalized spacial score (nSPS) is 9.64. The molecule has 4 heteroatoms. The molecule has 0 aromatic carbocycles. The highest BCUT2D eigenvalue weighted by Gasteiger charge is 1.98. The predicted molar refractivity (Wildman–Crippen MR) is 44.8 cm³/mol. The van der Waals surface area contributed by atoms with Crippen molar-refractivity contribution in [3.05, 3.63) is 0 Å². The van der Waals surface area contributed by atoms with Crippen molar-refractivity contribution in [1.29, 1.82) is 0 Å². The van der Waals surface area contributed by atoms with Crippen molar-refractivity contribution < 1.29 is 9.53 Å². The Morgan fingerprint density at radius 1 is 1.64 bits per heavy atom. The van der Waals surface area contributed by atoms with Gasteiger partial charge in [0.15, 0.2) is 0 Å². The highest BCUT2D eigenvalue weighted by molar-refractivity contribution is 6.17. The minimum absolute atomic E-state index is 0.206. The number of esters is 1. The van der Waals surface area contributed by atoms with Crippen LogP contribution in [-0.2, 0) is 9.53 Å². The summed E-state index contributed by atoms with van der Waals surface area (Å²) in [6, 6.07) is 0. The first-order valence-electron chi connectivity index (χ1n) is 3.73. The summed E-state index contributed by atoms with van der Waals surface area (Å²) in [4.78, 5) is 10.7. The fourth-order valence-corrected chi connectivity index (χ4v) is 0.728. The van der Waals surface area contributed by atoms with E-state index >= 15 is 0 Å². The van der Waals surface area contributed by atoms with Crippen molar-refractivity contribution in [2.45, 2.75) is 13.3 Å². The third-order valence-electron chi connectivity index (χ3n) is 1.06. The van der Waals surface area contributed by atoms with E-state index in [4.69, 9.17) is 11.6 Å². The maximum Gasteiger partial charge on any atom is 0.319 e. The lowest BCUT2D eigenvalue weighted by atomic mass is 10.5. The molecule has 0 aromatic rings. The van der Waals surface area contributed by atoms with Crippen molar-refractivity contribution in [2.24, 2.45) is 0 Å². The van der Waals surface area contributed by atoms with Gasteiger partial charge < -0.3 is 10.1 Å². The number of hydrogen-bond acceptors (Lipinski definition) is 3. The quantitative estimate of drug-likeness (QED) is 0.372. The van der Waals surface area contributed by atoms with E-state index in [0.717, 1.165) is 13.0 Å². The number of hydrogen-bond donors (Lipinski definition) is 1. The first-order chi connectivity index (χ1) is 5.31. The van der Waals surface area contributed by atoms with Gasteiger partial charge in [0.25, 0.3) is 0 Å². The monoisotopic (exact) mass is 179 g/mol. The minimum atomic E-state index is -0.206. The lowest BCUT2D eigenvalue weighted by Gasteiger charge is -2.02. The maximum absolute atomic E-state index is 10.7. The molecule has 0 saturated heterocycles. The Morgan fingerprint density at radius 3 is 2.91 bits per heavy atom. The first-order valence-corrected chi connectivity index (χ1v) is 4.27. The molecule has 1 N–H and O–H groups in total. The zero-order valence-corrected chi connectivity index (χ0v) is 7.49. The van der Waals surface area contributed by atoms with Crippen LogP contribution in [-0.4, -0.2) is 31.5 Å². The average Bonchev–Trinajstić information content (AvgIpc) is 1.99. The number of nitrogens with one attached hydrogen (secondary N) is 1. The van der Waals surface area contributed by atoms with Gasteiger partial charge in [-0.1, -0.05) is 0 Å². The highest BCUT2D eigenvalue weighted by Crippen LogP contribution is 1.81. The summed E-state index contributed by atoms with van der Waals surface area (Å²) in [7, 11) is 0. The average molecular weight is 180 g/mol. The molecular formula is C7H14ClNO2. The molecule has 0 bridgehead atoms. The van der Waals surface area contributed by atoms with Crippen LogP contribution in [0.4, 0.5) is 0 Å². The molecule has 0 amide bonds. The molecule has 66 valence electrons. The van der Waals surface area contributed by atoms with Crippen molar-refractivity contribution in [3.8, 4) is 0 Å². The number of ether oxygens (including phenoxy) is 1. The van der Waals surface area contributed by atoms with Gasteiger partial charge in [0.1, 0.15) is 0 Å². The largest absolute Gasteiger partial charge is 0.465 e. The van der Waals surface area contributed by atoms with Crippen LogP contribution in [0.25, 0.3) is 0 Å². The van der Waals surface area contributed by atoms with Crippen LogP contribution in [0.1, 0.15) is 13.3 Å². The number of carbonyl (C=O) groups is 1. The molecule has 0 rings (SSSR count). The lowest BCUT2D eigenvalue weighted by Crippen LogP contribution is -2.25. The molecule has 0 spiro atoms. The molecule has 11 heavy (non-hydrogen) atoms. The second-order valence-corrected chi connectivity index (χ2v) is 2.40. The fraction of sp³-hybridized carbons (Fsp3) is 0.857. The standard InChI is InChI=1S/C7H14ClNO2/c1-2-11-7(10)6-9-5-3-4-8/h9H,2-6H2,1H3. The molecule has 0 saturated carbocycles. The van der Waals surface area contributed by atoms with Gasteiger partial charge >= 0.3 is 5.97 Å². The summed E-state index contributed by atoms with van der Waals surface area (Å²) >= 11 is 5.42. The summed E-state index contributed by atoms with van der Waals surface area (Å²) < 4.78 is 4.69. The first kappa shape index (κ1) is 10.7. The van der Waals surface area contributed by atoms with Gasteiger partial charge in [-0.2, -0.15) is 0 Å². The molecular weight excluding hydrogens is 166 g/mol. The number of alkyl halides is 1. The van der Waals surface area contributed by atoms with Gasteiger partial charge in [-0.05, 0) is 19.9 Å². The van der Waals surface area contributed by atoms with E-state index in [-0.39, 0.29) is 12.5 Å². The SMILES string of the molecule is CCOC(=O)CNCCCCl. The Hall–Kier alpha value is -0.280. The Bertz CT molecular complexity index is 109. The van der Waals surface area contributed by atoms with E-state index in [1.54, 1.807) is 6.92 Å². The van der Waals surface area contributed by atoms with Gasteiger partial charge in [-0.3, -0.25) is 4.79 Å². The Balaban J connectivity index is 3.04. The Morgan fingerprint density at radius 2 is 2.36 bits per heavy atom. The zero-order valence-electron chi connectivity index (χ0n) is 6.73. The summed E-state index contributed by atoms with van der Waals surface area (Å²) in [6.07, 6.45) is 0.876. The van der Waals surface area contributed by atoms with E-state index in [1.165, 1.54) is 0 Å². The van der Waals surface area contributed by atoms with Gasteiger partial charge in [0, 0.05) is 5.88 Å². The second-order valence-electron chi connectivity index (χ2n) is 2.02. The molecule has 0 heterocycles. The Kier molecular flexibility index (Phi) is 7.62. The van der Waals surface area contributed by atoms with Crippen LogP contribution >= 0.6 is 11.6 Å². The predicted octanol–water partition coefficient (Wildman–Crippen LogP) is 0.768. The molecule has 0 aliphatic carbocycles. The summed E-state index contributed by atoms with van der Waals surface area (Å²) in [5, 5.41) is 2.91. The maximum atomic E-state index is 10.7. The molecule has 0 aliphatic rings. The van der Waals surface area contributed by atoms with E-state index in [0.29, 0.717) is 12.5 Å². The molecule has 0 atom stereocenters.